The molecule has 0 aromatic heterocycles. The molecule has 0 amide bonds. The van der Waals surface area contributed by atoms with E-state index < -0.39 is 40.6 Å². The average molecular weight is 230 g/mol. The van der Waals surface area contributed by atoms with Crippen LogP contribution >= 0.6 is 0 Å². The second-order valence-electron chi connectivity index (χ2n) is 2.64. The lowest BCUT2D eigenvalue weighted by Crippen LogP contribution is -2.16. The van der Waals surface area contributed by atoms with E-state index in [1.807, 2.05) is 0 Å². The van der Waals surface area contributed by atoms with Crippen LogP contribution in [0.1, 0.15) is 5.56 Å². The van der Waals surface area contributed by atoms with Gasteiger partial charge in [0.15, 0.2) is 17.5 Å². The van der Waals surface area contributed by atoms with E-state index in [9.17, 15) is 26.3 Å². The minimum Gasteiger partial charge on any atom is -0.394 e. The number of nitrogen functional groups attached to an aromatic ring is 2. The van der Waals surface area contributed by atoms with Crippen LogP contribution in [0.3, 0.4) is 0 Å². The molecule has 0 saturated heterocycles. The minimum atomic E-state index is -5.33. The fourth-order valence-electron chi connectivity index (χ4n) is 0.952. The van der Waals surface area contributed by atoms with E-state index in [1.165, 1.54) is 0 Å². The summed E-state index contributed by atoms with van der Waals surface area (Å²) >= 11 is 0. The molecule has 2 nitrogen and oxygen atoms in total. The van der Waals surface area contributed by atoms with E-state index in [-0.39, 0.29) is 0 Å². The van der Waals surface area contributed by atoms with Crippen molar-refractivity contribution in [2.24, 2.45) is 0 Å². The van der Waals surface area contributed by atoms with Crippen LogP contribution in [-0.4, -0.2) is 0 Å². The van der Waals surface area contributed by atoms with E-state index in [1.54, 1.807) is 0 Å². The summed E-state index contributed by atoms with van der Waals surface area (Å²) in [6.45, 7) is 0. The molecule has 0 unspecified atom stereocenters. The zero-order valence-corrected chi connectivity index (χ0v) is 6.92. The maximum Gasteiger partial charge on any atom is 0.422 e. The predicted molar refractivity (Wildman–Crippen MR) is 40.1 cm³/mol. The molecule has 15 heavy (non-hydrogen) atoms. The zero-order valence-electron chi connectivity index (χ0n) is 6.92. The van der Waals surface area contributed by atoms with Gasteiger partial charge in [0.1, 0.15) is 16.9 Å². The largest absolute Gasteiger partial charge is 0.422 e. The van der Waals surface area contributed by atoms with Gasteiger partial charge >= 0.3 is 6.18 Å². The molecule has 1 aromatic carbocycles. The van der Waals surface area contributed by atoms with Crippen molar-refractivity contribution in [3.63, 3.8) is 0 Å². The smallest absolute Gasteiger partial charge is 0.394 e. The van der Waals surface area contributed by atoms with Crippen LogP contribution in [-0.2, 0) is 6.18 Å². The monoisotopic (exact) mass is 230 g/mol. The lowest BCUT2D eigenvalue weighted by Gasteiger charge is -2.13. The summed E-state index contributed by atoms with van der Waals surface area (Å²) in [5.74, 6) is -6.14. The normalized spacial score (nSPS) is 11.9. The van der Waals surface area contributed by atoms with Gasteiger partial charge in [0.2, 0.25) is 0 Å². The van der Waals surface area contributed by atoms with E-state index in [2.05, 4.69) is 11.5 Å². The van der Waals surface area contributed by atoms with Crippen molar-refractivity contribution in [2.75, 3.05) is 11.5 Å². The van der Waals surface area contributed by atoms with E-state index in [4.69, 9.17) is 0 Å². The fourth-order valence-corrected chi connectivity index (χ4v) is 0.952. The highest BCUT2D eigenvalue weighted by Gasteiger charge is 2.41. The van der Waals surface area contributed by atoms with Crippen molar-refractivity contribution < 1.29 is 26.3 Å². The van der Waals surface area contributed by atoms with Gasteiger partial charge < -0.3 is 11.5 Å². The summed E-state index contributed by atoms with van der Waals surface area (Å²) in [4.78, 5) is 0. The molecule has 1 aromatic rings. The number of hydrogen-bond acceptors (Lipinski definition) is 2. The topological polar surface area (TPSA) is 52.0 Å². The van der Waals surface area contributed by atoms with E-state index >= 15 is 0 Å². The molecule has 0 saturated carbocycles. The number of alkyl halides is 3. The molecule has 0 aliphatic carbocycles. The molecule has 0 radical (unpaired) electrons. The van der Waals surface area contributed by atoms with Crippen LogP contribution in [0.25, 0.3) is 0 Å². The molecule has 8 heteroatoms. The molecular formula is C7H4F6N2. The lowest BCUT2D eigenvalue weighted by molar-refractivity contribution is -0.142. The van der Waals surface area contributed by atoms with Gasteiger partial charge in [-0.15, -0.1) is 0 Å². The standard InChI is InChI=1S/C7H4F6N2/c8-2-1(7(11,12)13)3(9)6(15)4(10)5(2)14/h14-15H2. The Balaban J connectivity index is 3.68. The highest BCUT2D eigenvalue weighted by atomic mass is 19.4. The SMILES string of the molecule is Nc1c(F)c(N)c(F)c(C(F)(F)F)c1F. The quantitative estimate of drug-likeness (QED) is 0.530. The first-order chi connectivity index (χ1) is 6.68. The van der Waals surface area contributed by atoms with E-state index in [0.717, 1.165) is 0 Å². The van der Waals surface area contributed by atoms with Gasteiger partial charge in [-0.05, 0) is 0 Å². The second-order valence-corrected chi connectivity index (χ2v) is 2.64. The highest BCUT2D eigenvalue weighted by Crippen LogP contribution is 2.39. The predicted octanol–water partition coefficient (Wildman–Crippen LogP) is 2.29. The Kier molecular flexibility index (Phi) is 2.46. The van der Waals surface area contributed by atoms with Crippen molar-refractivity contribution >= 4 is 11.4 Å². The number of benzene rings is 1. The molecule has 4 N–H and O–H groups in total. The fraction of sp³-hybridized carbons (Fsp3) is 0.143. The van der Waals surface area contributed by atoms with Gasteiger partial charge in [-0.1, -0.05) is 0 Å². The number of hydrogen-bond donors (Lipinski definition) is 2. The number of halogens is 6. The first-order valence-corrected chi connectivity index (χ1v) is 3.46. The molecule has 84 valence electrons. The van der Waals surface area contributed by atoms with Crippen molar-refractivity contribution in [3.8, 4) is 0 Å². The molecule has 0 aliphatic rings. The Labute approximate surface area is 79.5 Å². The second kappa shape index (κ2) is 3.21. The van der Waals surface area contributed by atoms with Crippen molar-refractivity contribution in [2.45, 2.75) is 6.18 Å². The van der Waals surface area contributed by atoms with Gasteiger partial charge in [0.05, 0.1) is 0 Å². The molecule has 0 fully saturated rings. The maximum absolute atomic E-state index is 12.8. The molecule has 0 heterocycles. The summed E-state index contributed by atoms with van der Waals surface area (Å²) in [6, 6.07) is 0. The van der Waals surface area contributed by atoms with Crippen molar-refractivity contribution in [3.05, 3.63) is 23.0 Å². The summed E-state index contributed by atoms with van der Waals surface area (Å²) < 4.78 is 74.6. The number of anilines is 2. The minimum absolute atomic E-state index is 1.46. The van der Waals surface area contributed by atoms with Gasteiger partial charge in [0, 0.05) is 0 Å². The maximum atomic E-state index is 12.8. The van der Waals surface area contributed by atoms with Gasteiger partial charge in [-0.3, -0.25) is 0 Å². The molecule has 1 rings (SSSR count). The summed E-state index contributed by atoms with van der Waals surface area (Å²) in [7, 11) is 0. The third-order valence-electron chi connectivity index (χ3n) is 1.67. The Morgan fingerprint density at radius 2 is 1.07 bits per heavy atom. The van der Waals surface area contributed by atoms with E-state index in [0.29, 0.717) is 0 Å². The van der Waals surface area contributed by atoms with Crippen molar-refractivity contribution in [1.29, 1.82) is 0 Å². The Bertz CT molecular complexity index is 382. The van der Waals surface area contributed by atoms with Crippen molar-refractivity contribution in [1.82, 2.24) is 0 Å². The first-order valence-electron chi connectivity index (χ1n) is 3.46. The van der Waals surface area contributed by atoms with Crippen LogP contribution in [0.5, 0.6) is 0 Å². The molecule has 0 aliphatic heterocycles. The Hall–Kier alpha value is -1.60. The Morgan fingerprint density at radius 1 is 0.733 bits per heavy atom. The zero-order chi connectivity index (χ0) is 12.0. The van der Waals surface area contributed by atoms with Crippen LogP contribution in [0.2, 0.25) is 0 Å². The summed E-state index contributed by atoms with van der Waals surface area (Å²) in [6.07, 6.45) is -5.33. The van der Waals surface area contributed by atoms with Crippen LogP contribution in [0.4, 0.5) is 37.7 Å². The van der Waals surface area contributed by atoms with Gasteiger partial charge in [-0.2, -0.15) is 13.2 Å². The van der Waals surface area contributed by atoms with Gasteiger partial charge in [0.25, 0.3) is 0 Å². The summed E-state index contributed by atoms with van der Waals surface area (Å²) in [5, 5.41) is 0. The van der Waals surface area contributed by atoms with Crippen LogP contribution in [0, 0.1) is 17.5 Å². The highest BCUT2D eigenvalue weighted by molar-refractivity contribution is 5.59. The molecular weight excluding hydrogens is 226 g/mol. The molecule has 0 spiro atoms. The third-order valence-corrected chi connectivity index (χ3v) is 1.67. The molecule has 0 atom stereocenters. The lowest BCUT2D eigenvalue weighted by atomic mass is 10.1. The average Bonchev–Trinajstić information content (AvgIpc) is 2.09. The number of rotatable bonds is 0. The molecule has 0 bridgehead atoms. The number of nitrogens with two attached hydrogens (primary N) is 2. The third kappa shape index (κ3) is 1.66. The summed E-state index contributed by atoms with van der Waals surface area (Å²) in [5.41, 5.74) is 4.10. The van der Waals surface area contributed by atoms with Crippen LogP contribution < -0.4 is 11.5 Å². The van der Waals surface area contributed by atoms with Crippen LogP contribution in [0.15, 0.2) is 0 Å². The Morgan fingerprint density at radius 3 is 1.33 bits per heavy atom. The first kappa shape index (κ1) is 11.5. The van der Waals surface area contributed by atoms with Gasteiger partial charge in [-0.25, -0.2) is 13.2 Å².